The van der Waals surface area contributed by atoms with Crippen molar-refractivity contribution in [3.05, 3.63) is 35.4 Å². The average molecular weight is 195 g/mol. The van der Waals surface area contributed by atoms with Crippen molar-refractivity contribution in [1.29, 1.82) is 5.26 Å². The molecular weight excluding hydrogens is 188 g/mol. The highest BCUT2D eigenvalue weighted by molar-refractivity contribution is 5.56. The van der Waals surface area contributed by atoms with Gasteiger partial charge in [0, 0.05) is 6.08 Å². The lowest BCUT2D eigenvalue weighted by Crippen LogP contribution is -1.88. The van der Waals surface area contributed by atoms with Crippen molar-refractivity contribution in [2.24, 2.45) is 0 Å². The monoisotopic (exact) mass is 195 g/mol. The van der Waals surface area contributed by atoms with E-state index in [1.54, 1.807) is 0 Å². The molecule has 72 valence electrons. The molecule has 1 rings (SSSR count). The molecule has 0 aliphatic heterocycles. The van der Waals surface area contributed by atoms with Crippen molar-refractivity contribution in [2.75, 3.05) is 7.11 Å². The van der Waals surface area contributed by atoms with Gasteiger partial charge < -0.3 is 4.74 Å². The Morgan fingerprint density at radius 1 is 1.50 bits per heavy atom. The van der Waals surface area contributed by atoms with Crippen molar-refractivity contribution in [2.45, 2.75) is 0 Å². The van der Waals surface area contributed by atoms with Gasteiger partial charge in [-0.15, -0.1) is 0 Å². The Labute approximate surface area is 80.0 Å². The predicted octanol–water partition coefficient (Wildman–Crippen LogP) is 2.80. The number of benzene rings is 1. The van der Waals surface area contributed by atoms with Crippen LogP contribution < -0.4 is 4.74 Å². The fraction of sp³-hybridized carbons (Fsp3) is 0.100. The first-order valence-corrected chi connectivity index (χ1v) is 3.78. The van der Waals surface area contributed by atoms with Crippen LogP contribution in [0.2, 0.25) is 0 Å². The van der Waals surface area contributed by atoms with E-state index in [1.165, 1.54) is 25.3 Å². The van der Waals surface area contributed by atoms with Crippen molar-refractivity contribution in [3.8, 4) is 11.8 Å². The summed E-state index contributed by atoms with van der Waals surface area (Å²) in [5.41, 5.74) is 0.518. The van der Waals surface area contributed by atoms with Crippen LogP contribution in [0.3, 0.4) is 0 Å². The van der Waals surface area contributed by atoms with Crippen LogP contribution in [0.1, 0.15) is 11.1 Å². The maximum atomic E-state index is 11.9. The molecule has 14 heavy (non-hydrogen) atoms. The third kappa shape index (κ3) is 2.30. The number of ether oxygens (including phenoxy) is 1. The minimum Gasteiger partial charge on any atom is -0.495 e. The van der Waals surface area contributed by atoms with E-state index in [1.807, 2.05) is 6.07 Å². The van der Waals surface area contributed by atoms with Gasteiger partial charge in [0.1, 0.15) is 11.8 Å². The van der Waals surface area contributed by atoms with E-state index < -0.39 is 6.08 Å². The Morgan fingerprint density at radius 3 is 2.71 bits per heavy atom. The van der Waals surface area contributed by atoms with Crippen LogP contribution >= 0.6 is 0 Å². The lowest BCUT2D eigenvalue weighted by atomic mass is 10.1. The van der Waals surface area contributed by atoms with Crippen molar-refractivity contribution >= 4 is 6.08 Å². The van der Waals surface area contributed by atoms with Crippen LogP contribution in [0.15, 0.2) is 24.3 Å². The molecule has 4 heteroatoms. The minimum absolute atomic E-state index is 0.238. The molecule has 0 amide bonds. The first-order chi connectivity index (χ1) is 6.67. The molecule has 1 aromatic carbocycles. The molecule has 0 N–H and O–H groups in total. The summed E-state index contributed by atoms with van der Waals surface area (Å²) in [6.07, 6.45) is -1.10. The second kappa shape index (κ2) is 4.38. The van der Waals surface area contributed by atoms with Gasteiger partial charge in [0.05, 0.1) is 12.7 Å². The molecule has 0 aromatic heterocycles. The molecule has 0 bridgehead atoms. The van der Waals surface area contributed by atoms with Gasteiger partial charge >= 0.3 is 0 Å². The molecule has 0 atom stereocenters. The zero-order valence-corrected chi connectivity index (χ0v) is 7.42. The molecule has 0 aliphatic rings. The van der Waals surface area contributed by atoms with Crippen LogP contribution in [0.5, 0.6) is 5.75 Å². The number of rotatable bonds is 2. The van der Waals surface area contributed by atoms with E-state index in [-0.39, 0.29) is 11.1 Å². The number of hydrogen-bond acceptors (Lipinski definition) is 2. The van der Waals surface area contributed by atoms with Crippen molar-refractivity contribution in [3.63, 3.8) is 0 Å². The third-order valence-corrected chi connectivity index (χ3v) is 1.62. The van der Waals surface area contributed by atoms with Gasteiger partial charge in [-0.05, 0) is 17.7 Å². The predicted molar refractivity (Wildman–Crippen MR) is 47.9 cm³/mol. The fourth-order valence-corrected chi connectivity index (χ4v) is 1.03. The van der Waals surface area contributed by atoms with Gasteiger partial charge in [-0.2, -0.15) is 14.0 Å². The largest absolute Gasteiger partial charge is 0.495 e. The summed E-state index contributed by atoms with van der Waals surface area (Å²) < 4.78 is 28.6. The average Bonchev–Trinajstić information content (AvgIpc) is 2.16. The molecule has 2 nitrogen and oxygen atoms in total. The lowest BCUT2D eigenvalue weighted by molar-refractivity contribution is 0.413. The summed E-state index contributed by atoms with van der Waals surface area (Å²) in [5, 5.41) is 8.67. The Bertz CT molecular complexity index is 403. The third-order valence-electron chi connectivity index (χ3n) is 1.62. The van der Waals surface area contributed by atoms with Crippen molar-refractivity contribution in [1.82, 2.24) is 0 Å². The van der Waals surface area contributed by atoms with Crippen LogP contribution in [0, 0.1) is 11.3 Å². The highest BCUT2D eigenvalue weighted by atomic mass is 19.3. The second-order valence-corrected chi connectivity index (χ2v) is 2.51. The summed E-state index contributed by atoms with van der Waals surface area (Å²) in [6, 6.07) is 6.14. The normalized spacial score (nSPS) is 9.00. The summed E-state index contributed by atoms with van der Waals surface area (Å²) in [5.74, 6) is 0.379. The summed E-state index contributed by atoms with van der Waals surface area (Å²) in [4.78, 5) is 0. The van der Waals surface area contributed by atoms with Gasteiger partial charge in [-0.1, -0.05) is 6.07 Å². The van der Waals surface area contributed by atoms with Crippen LogP contribution in [-0.4, -0.2) is 7.11 Å². The quantitative estimate of drug-likeness (QED) is 0.726. The van der Waals surface area contributed by atoms with E-state index >= 15 is 0 Å². The van der Waals surface area contributed by atoms with Gasteiger partial charge in [-0.25, -0.2) is 0 Å². The molecular formula is C10H7F2NO. The molecule has 0 saturated heterocycles. The highest BCUT2D eigenvalue weighted by Gasteiger charge is 2.02. The number of nitrogens with zero attached hydrogens (tertiary/aromatic N) is 1. The molecule has 0 fully saturated rings. The number of nitriles is 1. The van der Waals surface area contributed by atoms with E-state index in [0.29, 0.717) is 11.8 Å². The molecule has 0 aliphatic carbocycles. The summed E-state index contributed by atoms with van der Waals surface area (Å²) in [7, 11) is 1.42. The van der Waals surface area contributed by atoms with Crippen LogP contribution in [0.4, 0.5) is 8.78 Å². The van der Waals surface area contributed by atoms with E-state index in [2.05, 4.69) is 0 Å². The molecule has 0 radical (unpaired) electrons. The zero-order valence-electron chi connectivity index (χ0n) is 7.42. The van der Waals surface area contributed by atoms with Crippen LogP contribution in [0.25, 0.3) is 6.08 Å². The first-order valence-electron chi connectivity index (χ1n) is 3.78. The maximum absolute atomic E-state index is 11.9. The van der Waals surface area contributed by atoms with E-state index in [0.717, 1.165) is 0 Å². The SMILES string of the molecule is COc1ccc(C=C(F)F)cc1C#N. The Balaban J connectivity index is 3.16. The van der Waals surface area contributed by atoms with Crippen molar-refractivity contribution < 1.29 is 13.5 Å². The Kier molecular flexibility index (Phi) is 3.19. The fourth-order valence-electron chi connectivity index (χ4n) is 1.03. The summed E-state index contributed by atoms with van der Waals surface area (Å²) >= 11 is 0. The topological polar surface area (TPSA) is 33.0 Å². The second-order valence-electron chi connectivity index (χ2n) is 2.51. The number of methoxy groups -OCH3 is 1. The van der Waals surface area contributed by atoms with Gasteiger partial charge in [0.25, 0.3) is 6.08 Å². The van der Waals surface area contributed by atoms with Gasteiger partial charge in [0.2, 0.25) is 0 Å². The molecule has 0 saturated carbocycles. The summed E-state index contributed by atoms with van der Waals surface area (Å²) in [6.45, 7) is 0. The Morgan fingerprint density at radius 2 is 2.21 bits per heavy atom. The molecule has 0 unspecified atom stereocenters. The van der Waals surface area contributed by atoms with Gasteiger partial charge in [-0.3, -0.25) is 0 Å². The zero-order chi connectivity index (χ0) is 10.6. The maximum Gasteiger partial charge on any atom is 0.270 e. The van der Waals surface area contributed by atoms with Crippen LogP contribution in [-0.2, 0) is 0 Å². The Hall–Kier alpha value is -1.89. The number of hydrogen-bond donors (Lipinski definition) is 0. The smallest absolute Gasteiger partial charge is 0.270 e. The van der Waals surface area contributed by atoms with Gasteiger partial charge in [0.15, 0.2) is 0 Å². The molecule has 0 spiro atoms. The minimum atomic E-state index is -1.79. The standard InChI is InChI=1S/C10H7F2NO/c1-14-9-3-2-7(5-10(11)12)4-8(9)6-13/h2-5H,1H3. The lowest BCUT2D eigenvalue weighted by Gasteiger charge is -2.02. The number of halogens is 2. The highest BCUT2D eigenvalue weighted by Crippen LogP contribution is 2.20. The molecule has 0 heterocycles. The van der Waals surface area contributed by atoms with E-state index in [9.17, 15) is 8.78 Å². The van der Waals surface area contributed by atoms with E-state index in [4.69, 9.17) is 10.00 Å². The molecule has 1 aromatic rings. The first kappa shape index (κ1) is 10.2.